The Morgan fingerprint density at radius 1 is 1.00 bits per heavy atom. The molecule has 0 aliphatic carbocycles. The van der Waals surface area contributed by atoms with E-state index in [1.807, 2.05) is 0 Å². The highest BCUT2D eigenvalue weighted by atomic mass is 31.3. The molecule has 202 valence electrons. The fraction of sp³-hybridized carbons (Fsp3) is 0.500. The van der Waals surface area contributed by atoms with Gasteiger partial charge in [0.05, 0.1) is 18.8 Å². The number of phosphoric ester groups is 1. The zero-order valence-corrected chi connectivity index (χ0v) is 20.7. The van der Waals surface area contributed by atoms with Crippen molar-refractivity contribution in [1.82, 2.24) is 18.9 Å². The van der Waals surface area contributed by atoms with E-state index in [0.717, 1.165) is 21.4 Å². The molecular formula is C14H21N4O15P3. The summed E-state index contributed by atoms with van der Waals surface area (Å²) >= 11 is 0. The molecular weight excluding hydrogens is 557 g/mol. The molecule has 19 nitrogen and oxygen atoms in total. The van der Waals surface area contributed by atoms with Gasteiger partial charge in [-0.15, -0.1) is 0 Å². The van der Waals surface area contributed by atoms with E-state index in [-0.39, 0.29) is 6.54 Å². The minimum absolute atomic E-state index is 0.222. The molecule has 3 unspecified atom stereocenters. The summed E-state index contributed by atoms with van der Waals surface area (Å²) in [5, 5.41) is 24.6. The minimum atomic E-state index is -5.77. The van der Waals surface area contributed by atoms with Crippen LogP contribution in [0, 0.1) is 0 Å². The lowest BCUT2D eigenvalue weighted by atomic mass is 10.1. The van der Waals surface area contributed by atoms with Crippen molar-refractivity contribution in [2.45, 2.75) is 31.1 Å². The summed E-state index contributed by atoms with van der Waals surface area (Å²) in [5.41, 5.74) is -1.27. The summed E-state index contributed by atoms with van der Waals surface area (Å²) in [7, 11) is -15.3. The average molecular weight is 578 g/mol. The maximum Gasteiger partial charge on any atom is 0.490 e. The van der Waals surface area contributed by atoms with Crippen molar-refractivity contribution in [1.29, 1.82) is 0 Å². The zero-order valence-electron chi connectivity index (χ0n) is 18.0. The molecule has 1 fully saturated rings. The third kappa shape index (κ3) is 7.14. The second-order valence-corrected chi connectivity index (χ2v) is 11.8. The molecule has 0 amide bonds. The molecule has 1 saturated heterocycles. The zero-order chi connectivity index (χ0) is 27.1. The van der Waals surface area contributed by atoms with Crippen LogP contribution in [0.3, 0.4) is 0 Å². The Hall–Kier alpha value is -1.82. The summed E-state index contributed by atoms with van der Waals surface area (Å²) in [4.78, 5) is 60.8. The number of ether oxygens (including phenoxy) is 1. The summed E-state index contributed by atoms with van der Waals surface area (Å²) in [6.45, 7) is -1.29. The molecule has 2 aromatic heterocycles. The fourth-order valence-electron chi connectivity index (χ4n) is 3.15. The largest absolute Gasteiger partial charge is 0.490 e. The summed E-state index contributed by atoms with van der Waals surface area (Å²) in [6, 6.07) is 2.55. The molecule has 3 rings (SSSR count). The molecule has 6 atom stereocenters. The Morgan fingerprint density at radius 2 is 1.67 bits per heavy atom. The molecule has 0 spiro atoms. The minimum Gasteiger partial charge on any atom is -0.387 e. The van der Waals surface area contributed by atoms with Gasteiger partial charge in [-0.2, -0.15) is 13.7 Å². The second-order valence-electron chi connectivity index (χ2n) is 7.34. The topological polar surface area (TPSA) is 271 Å². The lowest BCUT2D eigenvalue weighted by Crippen LogP contribution is -2.43. The third-order valence-electron chi connectivity index (χ3n) is 4.61. The highest BCUT2D eigenvalue weighted by Crippen LogP contribution is 2.66. The third-order valence-corrected chi connectivity index (χ3v) is 8.42. The van der Waals surface area contributed by atoms with E-state index in [4.69, 9.17) is 19.4 Å². The lowest BCUT2D eigenvalue weighted by Gasteiger charge is -2.19. The SMILES string of the molecule is Cn1ccc(Cn2c(=O)ccn([C@@H]3O[C@H](COP(=O)(O)OP(=O)(O)OP(=O)(O)O)[C@H](O)C3O)c2=O)n1. The van der Waals surface area contributed by atoms with E-state index in [9.17, 15) is 38.4 Å². The van der Waals surface area contributed by atoms with Crippen molar-refractivity contribution in [3.05, 3.63) is 51.1 Å². The number of aromatic nitrogens is 4. The first-order valence-corrected chi connectivity index (χ1v) is 14.1. The van der Waals surface area contributed by atoms with E-state index >= 15 is 0 Å². The van der Waals surface area contributed by atoms with E-state index < -0.39 is 65.9 Å². The monoisotopic (exact) mass is 578 g/mol. The van der Waals surface area contributed by atoms with E-state index in [1.165, 1.54) is 4.68 Å². The van der Waals surface area contributed by atoms with Crippen LogP contribution in [0.25, 0.3) is 0 Å². The quantitative estimate of drug-likeness (QED) is 0.163. The van der Waals surface area contributed by atoms with Gasteiger partial charge in [0.25, 0.3) is 5.56 Å². The summed E-state index contributed by atoms with van der Waals surface area (Å²) < 4.78 is 53.8. The number of aliphatic hydroxyl groups excluding tert-OH is 2. The molecule has 1 aliphatic heterocycles. The average Bonchev–Trinajstić information content (AvgIpc) is 3.24. The van der Waals surface area contributed by atoms with Crippen LogP contribution in [0.5, 0.6) is 0 Å². The van der Waals surface area contributed by atoms with Gasteiger partial charge in [-0.1, -0.05) is 0 Å². The van der Waals surface area contributed by atoms with Gasteiger partial charge >= 0.3 is 29.2 Å². The maximum atomic E-state index is 12.9. The highest BCUT2D eigenvalue weighted by Gasteiger charge is 2.46. The van der Waals surface area contributed by atoms with Crippen LogP contribution in [-0.4, -0.2) is 73.6 Å². The lowest BCUT2D eigenvalue weighted by molar-refractivity contribution is -0.0547. The number of nitrogens with zero attached hydrogens (tertiary/aromatic N) is 4. The molecule has 0 radical (unpaired) electrons. The summed E-state index contributed by atoms with van der Waals surface area (Å²) in [5.74, 6) is 0. The van der Waals surface area contributed by atoms with Gasteiger partial charge in [0, 0.05) is 25.5 Å². The molecule has 6 N–H and O–H groups in total. The van der Waals surface area contributed by atoms with Gasteiger partial charge in [0.15, 0.2) is 6.23 Å². The Bertz CT molecular complexity index is 1360. The van der Waals surface area contributed by atoms with Crippen LogP contribution in [-0.2, 0) is 45.2 Å². The fourth-order valence-corrected chi connectivity index (χ4v) is 6.18. The number of hydrogen-bond donors (Lipinski definition) is 6. The molecule has 0 bridgehead atoms. The van der Waals surface area contributed by atoms with Crippen molar-refractivity contribution in [3.63, 3.8) is 0 Å². The Kier molecular flexibility index (Phi) is 8.39. The predicted molar refractivity (Wildman–Crippen MR) is 113 cm³/mol. The van der Waals surface area contributed by atoms with Gasteiger partial charge in [0.2, 0.25) is 0 Å². The van der Waals surface area contributed by atoms with Crippen molar-refractivity contribution >= 4 is 23.5 Å². The first kappa shape index (κ1) is 28.7. The van der Waals surface area contributed by atoms with Crippen molar-refractivity contribution < 1.29 is 61.4 Å². The molecule has 0 aromatic carbocycles. The smallest absolute Gasteiger partial charge is 0.387 e. The van der Waals surface area contributed by atoms with Crippen molar-refractivity contribution in [2.75, 3.05) is 6.61 Å². The molecule has 2 aromatic rings. The van der Waals surface area contributed by atoms with E-state index in [1.54, 1.807) is 19.3 Å². The van der Waals surface area contributed by atoms with Crippen LogP contribution in [0.15, 0.2) is 34.1 Å². The van der Waals surface area contributed by atoms with Crippen molar-refractivity contribution in [2.24, 2.45) is 7.05 Å². The molecule has 0 saturated carbocycles. The molecule has 36 heavy (non-hydrogen) atoms. The van der Waals surface area contributed by atoms with Crippen LogP contribution in [0.1, 0.15) is 11.9 Å². The first-order chi connectivity index (χ1) is 16.5. The van der Waals surface area contributed by atoms with E-state index in [0.29, 0.717) is 5.69 Å². The van der Waals surface area contributed by atoms with Crippen LogP contribution >= 0.6 is 23.5 Å². The highest BCUT2D eigenvalue weighted by molar-refractivity contribution is 7.66. The van der Waals surface area contributed by atoms with Gasteiger partial charge in [-0.05, 0) is 6.07 Å². The predicted octanol–water partition coefficient (Wildman–Crippen LogP) is -2.25. The van der Waals surface area contributed by atoms with E-state index in [2.05, 4.69) is 18.2 Å². The molecule has 22 heteroatoms. The number of aliphatic hydroxyl groups is 2. The number of aryl methyl sites for hydroxylation is 1. The maximum absolute atomic E-state index is 12.9. The molecule has 1 aliphatic rings. The van der Waals surface area contributed by atoms with Crippen LogP contribution in [0.4, 0.5) is 0 Å². The Balaban J connectivity index is 1.74. The van der Waals surface area contributed by atoms with Crippen LogP contribution < -0.4 is 11.2 Å². The Morgan fingerprint density at radius 3 is 2.25 bits per heavy atom. The second kappa shape index (κ2) is 10.5. The standard InChI is InChI=1S/C14H21N4O15P3/c1-16-4-2-8(15-16)6-18-10(19)3-5-17(14(18)22)13-12(21)11(20)9(31-13)7-30-35(26,27)33-36(28,29)32-34(23,24)25/h2-5,9,11-13,20-21H,6-7H2,1H3,(H,26,27)(H,28,29)(H2,23,24,25)/t9-,11+,12?,13-/m1/s1. The number of rotatable bonds is 10. The normalized spacial score (nSPS) is 26.0. The van der Waals surface area contributed by atoms with Gasteiger partial charge in [-0.25, -0.2) is 18.5 Å². The Labute approximate surface area is 200 Å². The van der Waals surface area contributed by atoms with Gasteiger partial charge in [0.1, 0.15) is 18.3 Å². The first-order valence-electron chi connectivity index (χ1n) is 9.58. The molecule has 3 heterocycles. The number of hydrogen-bond acceptors (Lipinski definition) is 12. The van der Waals surface area contributed by atoms with Gasteiger partial charge in [-0.3, -0.25) is 23.1 Å². The van der Waals surface area contributed by atoms with Gasteiger partial charge < -0.3 is 34.5 Å². The summed E-state index contributed by atoms with van der Waals surface area (Å²) in [6.07, 6.45) is -4.27. The van der Waals surface area contributed by atoms with Crippen LogP contribution in [0.2, 0.25) is 0 Å². The van der Waals surface area contributed by atoms with Crippen molar-refractivity contribution in [3.8, 4) is 0 Å². The number of phosphoric acid groups is 3.